The molecule has 0 spiro atoms. The SMILES string of the molecule is COC(=O)c1cccc(C(=O)O)c1-c1ccccn1. The van der Waals surface area contributed by atoms with E-state index in [2.05, 4.69) is 9.72 Å². The van der Waals surface area contributed by atoms with Crippen LogP contribution in [0.1, 0.15) is 20.7 Å². The monoisotopic (exact) mass is 257 g/mol. The van der Waals surface area contributed by atoms with Crippen molar-refractivity contribution in [2.75, 3.05) is 7.11 Å². The minimum atomic E-state index is -1.12. The molecule has 1 aromatic heterocycles. The Balaban J connectivity index is 2.74. The van der Waals surface area contributed by atoms with Crippen molar-refractivity contribution < 1.29 is 19.4 Å². The van der Waals surface area contributed by atoms with Crippen LogP contribution < -0.4 is 0 Å². The maximum atomic E-state index is 11.7. The van der Waals surface area contributed by atoms with Crippen molar-refractivity contribution in [3.63, 3.8) is 0 Å². The summed E-state index contributed by atoms with van der Waals surface area (Å²) in [5.74, 6) is -1.71. The van der Waals surface area contributed by atoms with Crippen LogP contribution in [0.15, 0.2) is 42.6 Å². The normalized spacial score (nSPS) is 9.95. The number of esters is 1. The number of carbonyl (C=O) groups is 2. The Labute approximate surface area is 109 Å². The number of aromatic carboxylic acids is 1. The lowest BCUT2D eigenvalue weighted by molar-refractivity contribution is 0.0601. The third kappa shape index (κ3) is 2.44. The fourth-order valence-corrected chi connectivity index (χ4v) is 1.80. The zero-order chi connectivity index (χ0) is 13.8. The van der Waals surface area contributed by atoms with E-state index in [0.29, 0.717) is 5.69 Å². The summed E-state index contributed by atoms with van der Waals surface area (Å²) in [5.41, 5.74) is 0.881. The van der Waals surface area contributed by atoms with E-state index in [1.54, 1.807) is 18.2 Å². The average Bonchev–Trinajstić information content (AvgIpc) is 2.46. The van der Waals surface area contributed by atoms with Gasteiger partial charge in [0.05, 0.1) is 23.9 Å². The molecular weight excluding hydrogens is 246 g/mol. The summed E-state index contributed by atoms with van der Waals surface area (Å²) >= 11 is 0. The number of aromatic nitrogens is 1. The second-order valence-electron chi connectivity index (χ2n) is 3.74. The van der Waals surface area contributed by atoms with Crippen LogP contribution in [0.5, 0.6) is 0 Å². The smallest absolute Gasteiger partial charge is 0.338 e. The van der Waals surface area contributed by atoms with Crippen molar-refractivity contribution in [3.05, 3.63) is 53.7 Å². The van der Waals surface area contributed by atoms with Crippen LogP contribution >= 0.6 is 0 Å². The summed E-state index contributed by atoms with van der Waals surface area (Å²) in [5, 5.41) is 9.23. The maximum Gasteiger partial charge on any atom is 0.338 e. The van der Waals surface area contributed by atoms with Crippen molar-refractivity contribution in [2.24, 2.45) is 0 Å². The third-order valence-electron chi connectivity index (χ3n) is 2.62. The van der Waals surface area contributed by atoms with Crippen LogP contribution in [0, 0.1) is 0 Å². The van der Waals surface area contributed by atoms with Crippen LogP contribution in [0.25, 0.3) is 11.3 Å². The summed E-state index contributed by atoms with van der Waals surface area (Å²) in [7, 11) is 1.25. The molecule has 19 heavy (non-hydrogen) atoms. The summed E-state index contributed by atoms with van der Waals surface area (Å²) < 4.78 is 4.67. The van der Waals surface area contributed by atoms with Crippen LogP contribution in [-0.2, 0) is 4.74 Å². The van der Waals surface area contributed by atoms with Gasteiger partial charge in [-0.2, -0.15) is 0 Å². The molecular formula is C14H11NO4. The molecule has 1 aromatic carbocycles. The lowest BCUT2D eigenvalue weighted by Crippen LogP contribution is -2.09. The summed E-state index contributed by atoms with van der Waals surface area (Å²) in [4.78, 5) is 27.1. The van der Waals surface area contributed by atoms with Gasteiger partial charge in [0.1, 0.15) is 0 Å². The number of methoxy groups -OCH3 is 1. The first kappa shape index (κ1) is 12.8. The van der Waals surface area contributed by atoms with Gasteiger partial charge in [0.2, 0.25) is 0 Å². The fourth-order valence-electron chi connectivity index (χ4n) is 1.80. The first-order valence-corrected chi connectivity index (χ1v) is 5.51. The molecule has 0 radical (unpaired) electrons. The highest BCUT2D eigenvalue weighted by molar-refractivity contribution is 6.04. The Morgan fingerprint density at radius 3 is 2.42 bits per heavy atom. The van der Waals surface area contributed by atoms with E-state index in [4.69, 9.17) is 0 Å². The van der Waals surface area contributed by atoms with Crippen LogP contribution in [0.2, 0.25) is 0 Å². The molecule has 0 atom stereocenters. The highest BCUT2D eigenvalue weighted by Gasteiger charge is 2.20. The van der Waals surface area contributed by atoms with Gasteiger partial charge < -0.3 is 9.84 Å². The first-order chi connectivity index (χ1) is 9.15. The number of nitrogens with zero attached hydrogens (tertiary/aromatic N) is 1. The highest BCUT2D eigenvalue weighted by atomic mass is 16.5. The molecule has 0 aliphatic rings. The van der Waals surface area contributed by atoms with Gasteiger partial charge in [-0.25, -0.2) is 9.59 Å². The molecule has 0 aliphatic heterocycles. The van der Waals surface area contributed by atoms with Crippen LogP contribution in [0.3, 0.4) is 0 Å². The molecule has 5 heteroatoms. The standard InChI is InChI=1S/C14H11NO4/c1-19-14(18)10-6-4-5-9(13(16)17)12(10)11-7-2-3-8-15-11/h2-8H,1H3,(H,16,17). The lowest BCUT2D eigenvalue weighted by atomic mass is 9.97. The summed E-state index contributed by atoms with van der Waals surface area (Å²) in [6.07, 6.45) is 1.54. The average molecular weight is 257 g/mol. The molecule has 0 bridgehead atoms. The van der Waals surface area contributed by atoms with Crippen LogP contribution in [0.4, 0.5) is 0 Å². The van der Waals surface area contributed by atoms with Crippen molar-refractivity contribution in [1.29, 1.82) is 0 Å². The predicted octanol–water partition coefficient (Wildman–Crippen LogP) is 2.23. The van der Waals surface area contributed by atoms with E-state index >= 15 is 0 Å². The third-order valence-corrected chi connectivity index (χ3v) is 2.62. The molecule has 0 unspecified atom stereocenters. The molecule has 0 saturated carbocycles. The minimum Gasteiger partial charge on any atom is -0.478 e. The zero-order valence-corrected chi connectivity index (χ0v) is 10.2. The van der Waals surface area contributed by atoms with E-state index < -0.39 is 11.9 Å². The van der Waals surface area contributed by atoms with Crippen LogP contribution in [-0.4, -0.2) is 29.1 Å². The zero-order valence-electron chi connectivity index (χ0n) is 10.2. The van der Waals surface area contributed by atoms with Gasteiger partial charge >= 0.3 is 11.9 Å². The molecule has 1 heterocycles. The Bertz CT molecular complexity index is 623. The number of pyridine rings is 1. The summed E-state index contributed by atoms with van der Waals surface area (Å²) in [6.45, 7) is 0. The Hall–Kier alpha value is -2.69. The van der Waals surface area contributed by atoms with Gasteiger partial charge in [-0.3, -0.25) is 4.98 Å². The number of carbonyl (C=O) groups excluding carboxylic acids is 1. The van der Waals surface area contributed by atoms with Gasteiger partial charge in [-0.05, 0) is 24.3 Å². The number of hydrogen-bond donors (Lipinski definition) is 1. The van der Waals surface area contributed by atoms with E-state index in [1.807, 2.05) is 0 Å². The molecule has 0 fully saturated rings. The largest absolute Gasteiger partial charge is 0.478 e. The Kier molecular flexibility index (Phi) is 3.56. The van der Waals surface area contributed by atoms with E-state index in [9.17, 15) is 14.7 Å². The highest BCUT2D eigenvalue weighted by Crippen LogP contribution is 2.26. The molecule has 96 valence electrons. The van der Waals surface area contributed by atoms with E-state index in [-0.39, 0.29) is 16.7 Å². The topological polar surface area (TPSA) is 76.5 Å². The molecule has 2 rings (SSSR count). The van der Waals surface area contributed by atoms with E-state index in [1.165, 1.54) is 31.5 Å². The number of carboxylic acid groups (broad SMARTS) is 1. The van der Waals surface area contributed by atoms with Crippen molar-refractivity contribution in [2.45, 2.75) is 0 Å². The predicted molar refractivity (Wildman–Crippen MR) is 68.0 cm³/mol. The second kappa shape index (κ2) is 5.30. The quantitative estimate of drug-likeness (QED) is 0.853. The lowest BCUT2D eigenvalue weighted by Gasteiger charge is -2.10. The van der Waals surface area contributed by atoms with Gasteiger partial charge in [0, 0.05) is 11.8 Å². The molecule has 1 N–H and O–H groups in total. The number of benzene rings is 1. The molecule has 0 amide bonds. The fraction of sp³-hybridized carbons (Fsp3) is 0.0714. The van der Waals surface area contributed by atoms with Gasteiger partial charge in [-0.15, -0.1) is 0 Å². The van der Waals surface area contributed by atoms with Gasteiger partial charge in [0.25, 0.3) is 0 Å². The molecule has 5 nitrogen and oxygen atoms in total. The Morgan fingerprint density at radius 1 is 1.11 bits per heavy atom. The number of hydrogen-bond acceptors (Lipinski definition) is 4. The van der Waals surface area contributed by atoms with Gasteiger partial charge in [-0.1, -0.05) is 12.1 Å². The second-order valence-corrected chi connectivity index (χ2v) is 3.74. The molecule has 0 aliphatic carbocycles. The van der Waals surface area contributed by atoms with E-state index in [0.717, 1.165) is 0 Å². The maximum absolute atomic E-state index is 11.7. The Morgan fingerprint density at radius 2 is 1.84 bits per heavy atom. The first-order valence-electron chi connectivity index (χ1n) is 5.51. The molecule has 2 aromatic rings. The van der Waals surface area contributed by atoms with Gasteiger partial charge in [0.15, 0.2) is 0 Å². The molecule has 0 saturated heterocycles. The number of ether oxygens (including phenoxy) is 1. The minimum absolute atomic E-state index is 0.0154. The number of carboxylic acids is 1. The van der Waals surface area contributed by atoms with Crippen molar-refractivity contribution >= 4 is 11.9 Å². The van der Waals surface area contributed by atoms with Crippen molar-refractivity contribution in [1.82, 2.24) is 4.98 Å². The summed E-state index contributed by atoms with van der Waals surface area (Å²) in [6, 6.07) is 9.53. The number of rotatable bonds is 3. The van der Waals surface area contributed by atoms with Crippen molar-refractivity contribution in [3.8, 4) is 11.3 Å².